The number of anilines is 1. The van der Waals surface area contributed by atoms with Gasteiger partial charge in [0.2, 0.25) is 5.91 Å². The molecule has 0 aliphatic heterocycles. The van der Waals surface area contributed by atoms with Gasteiger partial charge in [0.1, 0.15) is 6.54 Å². The molecule has 0 aliphatic carbocycles. The van der Waals surface area contributed by atoms with Crippen molar-refractivity contribution in [2.75, 3.05) is 12.4 Å². The summed E-state index contributed by atoms with van der Waals surface area (Å²) in [7, 11) is 1.43. The Hall–Kier alpha value is -2.56. The van der Waals surface area contributed by atoms with E-state index in [2.05, 4.69) is 5.32 Å². The molecule has 0 saturated carbocycles. The van der Waals surface area contributed by atoms with Crippen LogP contribution >= 0.6 is 0 Å². The Bertz CT molecular complexity index is 720. The van der Waals surface area contributed by atoms with Gasteiger partial charge in [-0.05, 0) is 43.2 Å². The number of benzene rings is 1. The minimum Gasteiger partial charge on any atom is -0.491 e. The number of carbonyl (C=O) groups is 1. The summed E-state index contributed by atoms with van der Waals surface area (Å²) >= 11 is 0. The number of ether oxygens (including phenoxy) is 1. The monoisotopic (exact) mass is 286 g/mol. The van der Waals surface area contributed by atoms with Crippen molar-refractivity contribution in [2.45, 2.75) is 20.4 Å². The van der Waals surface area contributed by atoms with E-state index < -0.39 is 0 Å². The summed E-state index contributed by atoms with van der Waals surface area (Å²) in [4.78, 5) is 24.1. The van der Waals surface area contributed by atoms with Gasteiger partial charge in [0, 0.05) is 11.9 Å². The number of nitrogens with one attached hydrogen (secondary N) is 1. The van der Waals surface area contributed by atoms with E-state index in [1.165, 1.54) is 11.7 Å². The van der Waals surface area contributed by atoms with Gasteiger partial charge in [-0.2, -0.15) is 0 Å². The molecule has 0 spiro atoms. The molecule has 5 nitrogen and oxygen atoms in total. The molecule has 0 aliphatic rings. The molecule has 21 heavy (non-hydrogen) atoms. The third kappa shape index (κ3) is 3.31. The fourth-order valence-electron chi connectivity index (χ4n) is 2.03. The fourth-order valence-corrected chi connectivity index (χ4v) is 2.03. The molecule has 1 aromatic heterocycles. The van der Waals surface area contributed by atoms with E-state index in [4.69, 9.17) is 4.74 Å². The van der Waals surface area contributed by atoms with Crippen LogP contribution in [0.3, 0.4) is 0 Å². The van der Waals surface area contributed by atoms with Crippen LogP contribution in [0.2, 0.25) is 0 Å². The van der Waals surface area contributed by atoms with Gasteiger partial charge in [-0.1, -0.05) is 12.1 Å². The van der Waals surface area contributed by atoms with Crippen LogP contribution in [0.1, 0.15) is 11.1 Å². The number of hydrogen-bond donors (Lipinski definition) is 1. The number of carbonyl (C=O) groups excluding carboxylic acids is 1. The smallest absolute Gasteiger partial charge is 0.293 e. The number of pyridine rings is 1. The summed E-state index contributed by atoms with van der Waals surface area (Å²) in [5, 5.41) is 2.82. The molecular formula is C16H18N2O3. The number of rotatable bonds is 4. The van der Waals surface area contributed by atoms with Crippen LogP contribution in [0.15, 0.2) is 41.3 Å². The van der Waals surface area contributed by atoms with E-state index >= 15 is 0 Å². The zero-order chi connectivity index (χ0) is 15.4. The quantitative estimate of drug-likeness (QED) is 0.936. The Labute approximate surface area is 123 Å². The summed E-state index contributed by atoms with van der Waals surface area (Å²) in [6.45, 7) is 3.88. The Kier molecular flexibility index (Phi) is 4.42. The number of nitrogens with zero attached hydrogens (tertiary/aromatic N) is 1. The van der Waals surface area contributed by atoms with Crippen LogP contribution < -0.4 is 15.6 Å². The SMILES string of the molecule is COc1cccn(CC(=O)Nc2cccc(C)c2C)c1=O. The molecule has 0 unspecified atom stereocenters. The zero-order valence-electron chi connectivity index (χ0n) is 12.3. The maximum atomic E-state index is 12.1. The van der Waals surface area contributed by atoms with E-state index in [1.807, 2.05) is 32.0 Å². The van der Waals surface area contributed by atoms with Crippen molar-refractivity contribution in [1.82, 2.24) is 4.57 Å². The lowest BCUT2D eigenvalue weighted by Gasteiger charge is -2.11. The van der Waals surface area contributed by atoms with Crippen LogP contribution in [-0.4, -0.2) is 17.6 Å². The van der Waals surface area contributed by atoms with E-state index in [1.54, 1.807) is 18.3 Å². The first-order valence-corrected chi connectivity index (χ1v) is 6.62. The van der Waals surface area contributed by atoms with Gasteiger partial charge in [0.25, 0.3) is 5.56 Å². The van der Waals surface area contributed by atoms with Crippen LogP contribution in [0.4, 0.5) is 5.69 Å². The predicted molar refractivity (Wildman–Crippen MR) is 81.8 cm³/mol. The Morgan fingerprint density at radius 2 is 2.00 bits per heavy atom. The average Bonchev–Trinajstić information content (AvgIpc) is 2.46. The van der Waals surface area contributed by atoms with Crippen LogP contribution in [0, 0.1) is 13.8 Å². The first-order chi connectivity index (χ1) is 10.0. The molecule has 2 rings (SSSR count). The van der Waals surface area contributed by atoms with Crippen molar-refractivity contribution in [2.24, 2.45) is 0 Å². The lowest BCUT2D eigenvalue weighted by molar-refractivity contribution is -0.116. The van der Waals surface area contributed by atoms with E-state index in [0.717, 1.165) is 16.8 Å². The van der Waals surface area contributed by atoms with E-state index in [9.17, 15) is 9.59 Å². The van der Waals surface area contributed by atoms with Crippen molar-refractivity contribution in [3.8, 4) is 5.75 Å². The molecule has 0 bridgehead atoms. The third-order valence-electron chi connectivity index (χ3n) is 3.40. The third-order valence-corrected chi connectivity index (χ3v) is 3.40. The zero-order valence-corrected chi connectivity index (χ0v) is 12.3. The van der Waals surface area contributed by atoms with Crippen LogP contribution in [0.25, 0.3) is 0 Å². The average molecular weight is 286 g/mol. The molecule has 2 aromatic rings. The second kappa shape index (κ2) is 6.26. The number of hydrogen-bond acceptors (Lipinski definition) is 3. The van der Waals surface area contributed by atoms with Crippen molar-refractivity contribution in [3.05, 3.63) is 58.0 Å². The van der Waals surface area contributed by atoms with E-state index in [0.29, 0.717) is 0 Å². The van der Waals surface area contributed by atoms with Gasteiger partial charge in [0.05, 0.1) is 7.11 Å². The van der Waals surface area contributed by atoms with Gasteiger partial charge in [-0.15, -0.1) is 0 Å². The molecule has 0 radical (unpaired) electrons. The molecule has 0 fully saturated rings. The highest BCUT2D eigenvalue weighted by atomic mass is 16.5. The normalized spacial score (nSPS) is 10.2. The summed E-state index contributed by atoms with van der Waals surface area (Å²) < 4.78 is 6.27. The number of methoxy groups -OCH3 is 1. The van der Waals surface area contributed by atoms with Crippen LogP contribution in [0.5, 0.6) is 5.75 Å². The minimum atomic E-state index is -0.323. The van der Waals surface area contributed by atoms with Crippen molar-refractivity contribution in [3.63, 3.8) is 0 Å². The molecule has 0 saturated heterocycles. The fraction of sp³-hybridized carbons (Fsp3) is 0.250. The Morgan fingerprint density at radius 3 is 2.71 bits per heavy atom. The molecule has 1 N–H and O–H groups in total. The van der Waals surface area contributed by atoms with Crippen molar-refractivity contribution >= 4 is 11.6 Å². The van der Waals surface area contributed by atoms with Gasteiger partial charge in [-0.3, -0.25) is 9.59 Å². The Morgan fingerprint density at radius 1 is 1.24 bits per heavy atom. The largest absolute Gasteiger partial charge is 0.491 e. The highest BCUT2D eigenvalue weighted by Gasteiger charge is 2.09. The maximum absolute atomic E-state index is 12.1. The Balaban J connectivity index is 2.16. The van der Waals surface area contributed by atoms with Gasteiger partial charge in [-0.25, -0.2) is 0 Å². The van der Waals surface area contributed by atoms with Gasteiger partial charge < -0.3 is 14.6 Å². The first-order valence-electron chi connectivity index (χ1n) is 6.62. The van der Waals surface area contributed by atoms with Crippen molar-refractivity contribution in [1.29, 1.82) is 0 Å². The van der Waals surface area contributed by atoms with Crippen LogP contribution in [-0.2, 0) is 11.3 Å². The molecule has 0 atom stereocenters. The second-order valence-electron chi connectivity index (χ2n) is 4.81. The second-order valence-corrected chi connectivity index (χ2v) is 4.81. The number of aryl methyl sites for hydroxylation is 1. The van der Waals surface area contributed by atoms with Gasteiger partial charge in [0.15, 0.2) is 5.75 Å². The first kappa shape index (κ1) is 14.8. The van der Waals surface area contributed by atoms with Crippen molar-refractivity contribution < 1.29 is 9.53 Å². The lowest BCUT2D eigenvalue weighted by atomic mass is 10.1. The predicted octanol–water partition coefficient (Wildman–Crippen LogP) is 2.11. The highest BCUT2D eigenvalue weighted by Crippen LogP contribution is 2.17. The minimum absolute atomic E-state index is 0.0522. The molecule has 1 heterocycles. The van der Waals surface area contributed by atoms with Gasteiger partial charge >= 0.3 is 0 Å². The number of amides is 1. The lowest BCUT2D eigenvalue weighted by Crippen LogP contribution is -2.27. The highest BCUT2D eigenvalue weighted by molar-refractivity contribution is 5.91. The molecule has 110 valence electrons. The molecule has 1 aromatic carbocycles. The topological polar surface area (TPSA) is 60.3 Å². The van der Waals surface area contributed by atoms with E-state index in [-0.39, 0.29) is 23.8 Å². The standard InChI is InChI=1S/C16H18N2O3/c1-11-6-4-7-13(12(11)2)17-15(19)10-18-9-5-8-14(21-3)16(18)20/h4-9H,10H2,1-3H3,(H,17,19). The molecular weight excluding hydrogens is 268 g/mol. The molecule has 1 amide bonds. The molecule has 5 heteroatoms. The number of aromatic nitrogens is 1. The summed E-state index contributed by atoms with van der Waals surface area (Å²) in [5.41, 5.74) is 2.56. The maximum Gasteiger partial charge on any atom is 0.293 e. The summed E-state index contributed by atoms with van der Waals surface area (Å²) in [5.74, 6) is -0.0314. The summed E-state index contributed by atoms with van der Waals surface area (Å²) in [6, 6.07) is 8.95. The summed E-state index contributed by atoms with van der Waals surface area (Å²) in [6.07, 6.45) is 1.56.